The SMILES string of the molecule is Cc1cccc(CNC(=O)N2Cc3nc(NC4CCOCC4)ncc3C2(C)C)c1. The van der Waals surface area contributed by atoms with Crippen LogP contribution < -0.4 is 10.6 Å². The number of carbonyl (C=O) groups excluding carboxylic acids is 1. The summed E-state index contributed by atoms with van der Waals surface area (Å²) in [5.74, 6) is 0.633. The summed E-state index contributed by atoms with van der Waals surface area (Å²) in [7, 11) is 0. The van der Waals surface area contributed by atoms with Crippen molar-refractivity contribution in [3.63, 3.8) is 0 Å². The lowest BCUT2D eigenvalue weighted by Gasteiger charge is -2.32. The fraction of sp³-hybridized carbons (Fsp3) is 0.500. The molecule has 7 heteroatoms. The summed E-state index contributed by atoms with van der Waals surface area (Å²) in [6, 6.07) is 8.42. The van der Waals surface area contributed by atoms with E-state index in [1.54, 1.807) is 0 Å². The van der Waals surface area contributed by atoms with Crippen molar-refractivity contribution in [1.82, 2.24) is 20.2 Å². The van der Waals surface area contributed by atoms with Crippen LogP contribution in [0.5, 0.6) is 0 Å². The molecule has 0 spiro atoms. The highest BCUT2D eigenvalue weighted by Gasteiger charge is 2.41. The lowest BCUT2D eigenvalue weighted by molar-refractivity contribution is 0.0903. The van der Waals surface area contributed by atoms with Crippen molar-refractivity contribution >= 4 is 12.0 Å². The third kappa shape index (κ3) is 4.19. The van der Waals surface area contributed by atoms with E-state index in [0.717, 1.165) is 42.9 Å². The zero-order valence-corrected chi connectivity index (χ0v) is 17.4. The molecule has 0 radical (unpaired) electrons. The fourth-order valence-corrected chi connectivity index (χ4v) is 4.06. The molecule has 3 heterocycles. The van der Waals surface area contributed by atoms with Crippen LogP contribution in [0.15, 0.2) is 30.5 Å². The van der Waals surface area contributed by atoms with Gasteiger partial charge < -0.3 is 20.3 Å². The topological polar surface area (TPSA) is 79.4 Å². The number of nitrogens with one attached hydrogen (secondary N) is 2. The van der Waals surface area contributed by atoms with Gasteiger partial charge in [-0.3, -0.25) is 0 Å². The van der Waals surface area contributed by atoms with Crippen LogP contribution >= 0.6 is 0 Å². The van der Waals surface area contributed by atoms with Gasteiger partial charge in [-0.1, -0.05) is 29.8 Å². The number of amides is 2. The average molecular weight is 396 g/mol. The van der Waals surface area contributed by atoms with Crippen molar-refractivity contribution < 1.29 is 9.53 Å². The summed E-state index contributed by atoms with van der Waals surface area (Å²) < 4.78 is 5.41. The maximum Gasteiger partial charge on any atom is 0.318 e. The van der Waals surface area contributed by atoms with Crippen LogP contribution in [-0.4, -0.2) is 40.2 Å². The Balaban J connectivity index is 1.43. The number of hydrogen-bond donors (Lipinski definition) is 2. The molecule has 2 aliphatic heterocycles. The van der Waals surface area contributed by atoms with Crippen molar-refractivity contribution in [1.29, 1.82) is 0 Å². The van der Waals surface area contributed by atoms with E-state index in [2.05, 4.69) is 34.7 Å². The molecular formula is C22H29N5O2. The van der Waals surface area contributed by atoms with E-state index in [0.29, 0.717) is 25.1 Å². The lowest BCUT2D eigenvalue weighted by atomic mass is 9.97. The van der Waals surface area contributed by atoms with Gasteiger partial charge in [-0.05, 0) is 39.2 Å². The standard InChI is InChI=1S/C22H29N5O2/c1-15-5-4-6-16(11-15)12-24-21(28)27-14-19-18(22(27,2)3)13-23-20(26-19)25-17-7-9-29-10-8-17/h4-6,11,13,17H,7-10,12,14H2,1-3H3,(H,24,28)(H,23,25,26). The first kappa shape index (κ1) is 19.6. The number of nitrogens with zero attached hydrogens (tertiary/aromatic N) is 3. The maximum absolute atomic E-state index is 12.9. The lowest BCUT2D eigenvalue weighted by Crippen LogP contribution is -2.45. The number of carbonyl (C=O) groups is 1. The second kappa shape index (κ2) is 7.99. The number of benzene rings is 1. The fourth-order valence-electron chi connectivity index (χ4n) is 4.06. The van der Waals surface area contributed by atoms with Gasteiger partial charge in [0.05, 0.1) is 17.8 Å². The average Bonchev–Trinajstić information content (AvgIpc) is 2.97. The van der Waals surface area contributed by atoms with E-state index in [-0.39, 0.29) is 6.03 Å². The molecule has 0 atom stereocenters. The Morgan fingerprint density at radius 2 is 2.10 bits per heavy atom. The van der Waals surface area contributed by atoms with Gasteiger partial charge in [-0.15, -0.1) is 0 Å². The normalized spacial score (nSPS) is 18.4. The second-order valence-electron chi connectivity index (χ2n) is 8.38. The van der Waals surface area contributed by atoms with E-state index in [1.165, 1.54) is 5.56 Å². The van der Waals surface area contributed by atoms with E-state index < -0.39 is 5.54 Å². The Morgan fingerprint density at radius 3 is 2.86 bits per heavy atom. The summed E-state index contributed by atoms with van der Waals surface area (Å²) in [6.45, 7) is 8.66. The van der Waals surface area contributed by atoms with Crippen LogP contribution in [0.3, 0.4) is 0 Å². The number of aromatic nitrogens is 2. The van der Waals surface area contributed by atoms with Gasteiger partial charge in [0.1, 0.15) is 0 Å². The molecule has 1 fully saturated rings. The number of anilines is 1. The minimum absolute atomic E-state index is 0.0894. The Hall–Kier alpha value is -2.67. The van der Waals surface area contributed by atoms with Gasteiger partial charge in [0.2, 0.25) is 5.95 Å². The van der Waals surface area contributed by atoms with Crippen LogP contribution in [0.2, 0.25) is 0 Å². The summed E-state index contributed by atoms with van der Waals surface area (Å²) >= 11 is 0. The molecule has 0 aliphatic carbocycles. The molecule has 29 heavy (non-hydrogen) atoms. The van der Waals surface area contributed by atoms with Crippen LogP contribution in [0.25, 0.3) is 0 Å². The first-order chi connectivity index (χ1) is 13.9. The van der Waals surface area contributed by atoms with Crippen molar-refractivity contribution in [2.45, 2.75) is 58.3 Å². The number of aryl methyl sites for hydroxylation is 1. The molecular weight excluding hydrogens is 366 g/mol. The predicted molar refractivity (Wildman–Crippen MR) is 111 cm³/mol. The molecule has 2 aromatic rings. The largest absolute Gasteiger partial charge is 0.381 e. The van der Waals surface area contributed by atoms with Crippen LogP contribution in [-0.2, 0) is 23.4 Å². The predicted octanol–water partition coefficient (Wildman–Crippen LogP) is 3.34. The Bertz CT molecular complexity index is 893. The highest BCUT2D eigenvalue weighted by molar-refractivity contribution is 5.76. The zero-order valence-electron chi connectivity index (χ0n) is 17.4. The smallest absolute Gasteiger partial charge is 0.318 e. The highest BCUT2D eigenvalue weighted by atomic mass is 16.5. The maximum atomic E-state index is 12.9. The first-order valence-electron chi connectivity index (χ1n) is 10.2. The van der Waals surface area contributed by atoms with Gasteiger partial charge >= 0.3 is 6.03 Å². The molecule has 2 N–H and O–H groups in total. The number of fused-ring (bicyclic) bond motifs is 1. The Labute approximate surface area is 171 Å². The molecule has 2 aliphatic rings. The third-order valence-electron chi connectivity index (χ3n) is 5.84. The number of ether oxygens (including phenoxy) is 1. The molecule has 0 bridgehead atoms. The molecule has 2 amide bonds. The summed E-state index contributed by atoms with van der Waals surface area (Å²) in [6.07, 6.45) is 3.77. The Kier molecular flexibility index (Phi) is 5.41. The van der Waals surface area contributed by atoms with Crippen LogP contribution in [0.4, 0.5) is 10.7 Å². The third-order valence-corrected chi connectivity index (χ3v) is 5.84. The summed E-state index contributed by atoms with van der Waals surface area (Å²) in [5.41, 5.74) is 3.73. The number of urea groups is 1. The molecule has 1 aromatic heterocycles. The second-order valence-corrected chi connectivity index (χ2v) is 8.38. The van der Waals surface area contributed by atoms with Crippen molar-refractivity contribution in [2.75, 3.05) is 18.5 Å². The van der Waals surface area contributed by atoms with Gasteiger partial charge in [-0.25, -0.2) is 14.8 Å². The van der Waals surface area contributed by atoms with Crippen molar-refractivity contribution in [3.8, 4) is 0 Å². The molecule has 7 nitrogen and oxygen atoms in total. The van der Waals surface area contributed by atoms with E-state index in [4.69, 9.17) is 9.72 Å². The molecule has 0 saturated carbocycles. The van der Waals surface area contributed by atoms with Crippen molar-refractivity contribution in [2.24, 2.45) is 0 Å². The number of rotatable bonds is 4. The van der Waals surface area contributed by atoms with Gasteiger partial charge in [0.25, 0.3) is 0 Å². The van der Waals surface area contributed by atoms with Gasteiger partial charge in [-0.2, -0.15) is 0 Å². The molecule has 1 aromatic carbocycles. The number of hydrogen-bond acceptors (Lipinski definition) is 5. The summed E-state index contributed by atoms with van der Waals surface area (Å²) in [5, 5.41) is 6.46. The molecule has 4 rings (SSSR count). The minimum Gasteiger partial charge on any atom is -0.381 e. The first-order valence-corrected chi connectivity index (χ1v) is 10.2. The van der Waals surface area contributed by atoms with E-state index >= 15 is 0 Å². The van der Waals surface area contributed by atoms with Gasteiger partial charge in [0.15, 0.2) is 0 Å². The van der Waals surface area contributed by atoms with Gasteiger partial charge in [0, 0.05) is 37.6 Å². The highest BCUT2D eigenvalue weighted by Crippen LogP contribution is 2.37. The zero-order chi connectivity index (χ0) is 20.4. The van der Waals surface area contributed by atoms with E-state index in [1.807, 2.05) is 37.1 Å². The van der Waals surface area contributed by atoms with Crippen molar-refractivity contribution in [3.05, 3.63) is 52.8 Å². The molecule has 0 unspecified atom stereocenters. The van der Waals surface area contributed by atoms with Crippen LogP contribution in [0.1, 0.15) is 49.1 Å². The molecule has 1 saturated heterocycles. The summed E-state index contributed by atoms with van der Waals surface area (Å²) in [4.78, 5) is 24.0. The minimum atomic E-state index is -0.455. The molecule has 154 valence electrons. The van der Waals surface area contributed by atoms with E-state index in [9.17, 15) is 4.79 Å². The quantitative estimate of drug-likeness (QED) is 0.830. The Morgan fingerprint density at radius 1 is 1.31 bits per heavy atom. The monoisotopic (exact) mass is 395 g/mol. The van der Waals surface area contributed by atoms with Crippen LogP contribution in [0, 0.1) is 6.92 Å².